The van der Waals surface area contributed by atoms with Gasteiger partial charge in [0.25, 0.3) is 0 Å². The Morgan fingerprint density at radius 2 is 0.746 bits per heavy atom. The fourth-order valence-corrected chi connectivity index (χ4v) is 11.3. The van der Waals surface area contributed by atoms with Crippen LogP contribution in [0.1, 0.15) is 139 Å². The molecule has 1 rings (SSSR count). The minimum absolute atomic E-state index is 0.0838. The number of halogens is 15. The number of nitrogens with one attached hydrogen (secondary N) is 16. The first-order valence-electron chi connectivity index (χ1n) is 37.9. The number of alkyl halides is 15. The Morgan fingerprint density at radius 3 is 1.09 bits per heavy atom. The highest BCUT2D eigenvalue weighted by Crippen LogP contribution is 2.29. The monoisotopic (exact) mass is 2040 g/mol. The van der Waals surface area contributed by atoms with E-state index in [1.807, 2.05) is 13.8 Å². The summed E-state index contributed by atoms with van der Waals surface area (Å²) in [5.41, 5.74) is 0. The Hall–Kier alpha value is -5.21. The smallest absolute Gasteiger partial charge is 0.407 e. The van der Waals surface area contributed by atoms with E-state index in [2.05, 4.69) is 85.1 Å². The van der Waals surface area contributed by atoms with E-state index >= 15 is 14.4 Å². The lowest BCUT2D eigenvalue weighted by atomic mass is 9.99. The molecule has 122 heavy (non-hydrogen) atoms. The molecule has 13 atom stereocenters. The van der Waals surface area contributed by atoms with E-state index in [0.717, 1.165) is 26.7 Å². The third-order valence-electron chi connectivity index (χ3n) is 16.7. The van der Waals surface area contributed by atoms with Gasteiger partial charge in [-0.05, 0) is 89.4 Å². The van der Waals surface area contributed by atoms with Gasteiger partial charge in [-0.25, -0.2) is 24.0 Å². The molecule has 0 saturated carbocycles. The fraction of sp³-hybridized carbons (Fsp3) is 0.765. The number of unbranched alkanes of at least 4 members (excludes halogenated alkanes) is 1. The van der Waals surface area contributed by atoms with Crippen LogP contribution < -0.4 is 85.1 Å². The molecule has 0 aromatic rings. The predicted molar refractivity (Wildman–Crippen MR) is 458 cm³/mol. The van der Waals surface area contributed by atoms with Gasteiger partial charge in [0.15, 0.2) is 0 Å². The summed E-state index contributed by atoms with van der Waals surface area (Å²) in [5.74, 6) is -13.6. The number of aliphatic hydroxyl groups excluding tert-OH is 2. The summed E-state index contributed by atoms with van der Waals surface area (Å²) >= 11 is 86.3. The fourth-order valence-electron chi connectivity index (χ4n) is 10.5. The molecule has 1 saturated heterocycles. The lowest BCUT2D eigenvalue weighted by molar-refractivity contribution is -0.137. The van der Waals surface area contributed by atoms with Gasteiger partial charge in [-0.15, -0.1) is 0 Å². The summed E-state index contributed by atoms with van der Waals surface area (Å²) < 4.78 is 14.1. The molecule has 0 aromatic carbocycles. The predicted octanol–water partition coefficient (Wildman–Crippen LogP) is 5.25. The molecule has 1 aliphatic rings. The Labute approximate surface area is 779 Å². The van der Waals surface area contributed by atoms with Gasteiger partial charge in [0.1, 0.15) is 93.5 Å². The lowest BCUT2D eigenvalue weighted by Gasteiger charge is -2.29. The van der Waals surface area contributed by atoms with Crippen molar-refractivity contribution in [1.29, 1.82) is 0 Å². The van der Waals surface area contributed by atoms with Crippen LogP contribution in [0.15, 0.2) is 0 Å². The van der Waals surface area contributed by atoms with E-state index in [1.165, 1.54) is 0 Å². The number of carbonyl (C=O) groups excluding carboxylic acids is 16. The van der Waals surface area contributed by atoms with Crippen molar-refractivity contribution in [2.75, 3.05) is 72.3 Å². The van der Waals surface area contributed by atoms with Crippen LogP contribution in [-0.4, -0.2) is 270 Å². The van der Waals surface area contributed by atoms with E-state index in [0.29, 0.717) is 18.8 Å². The van der Waals surface area contributed by atoms with Crippen molar-refractivity contribution in [3.8, 4) is 0 Å². The molecule has 1 heterocycles. The topological polar surface area (TPSA) is 552 Å². The highest BCUT2D eigenvalue weighted by Gasteiger charge is 2.40. The van der Waals surface area contributed by atoms with Crippen LogP contribution in [0.25, 0.3) is 0 Å². The largest absolute Gasteiger partial charge is 0.445 e. The van der Waals surface area contributed by atoms with Gasteiger partial charge in [-0.1, -0.05) is 235 Å². The standard InChI is InChI=1S/C68H105Cl15N16O23/c1-9-35(6)12-10-11-13-46(102)90-38(15-21-85-59(113)118-28-64(69,70)71)53(107)99-48(37(8)101)58(112)95-42(18-24-88-62(116)121-31-67(78,79)80)51(105)91-39-14-20-84-57(111)47(36(7)100)98-54(108)43(19-25-89-63(117)122-32-68(81,82)83)93-50(104)40(16-22-86-60(114)119-29-65(72,73)74)94-55(109)44(26-33(2)3)97-56(110)45(27-34(4)5)96-52(106)41(92-49(39)103)17-23-87-61(115)120-30-66(75,76)77/h33-45,47-48,100-101H,9-32H2,1-8H3,(H,84,111)(H,85,113)(H,86,114)(H,87,115)(H,88,116)(H,89,117)(H,90,102)(H,91,105)(H,92,103)(H,93,104)(H,94,109)(H,95,112)(H,96,106)(H,97,110)(H,98,108)(H,99,107)/t35-,36+,37+,38-,39?,40-,41?,42-,43-,44-,45+,47?,48-/m0/s1. The van der Waals surface area contributed by atoms with Crippen LogP contribution in [0, 0.1) is 17.8 Å². The summed E-state index contributed by atoms with van der Waals surface area (Å²) in [6.45, 7) is 5.27. The van der Waals surface area contributed by atoms with Crippen LogP contribution in [0.5, 0.6) is 0 Å². The second kappa shape index (κ2) is 57.6. The molecule has 1 fully saturated rings. The zero-order chi connectivity index (χ0) is 93.2. The number of rotatable bonds is 39. The molecular weight excluding hydrogens is 1940 g/mol. The van der Waals surface area contributed by atoms with Crippen molar-refractivity contribution in [3.63, 3.8) is 0 Å². The molecule has 0 aromatic heterocycles. The third kappa shape index (κ3) is 54.1. The number of hydrogen-bond donors (Lipinski definition) is 18. The van der Waals surface area contributed by atoms with Crippen LogP contribution in [-0.2, 0) is 76.4 Å². The minimum Gasteiger partial charge on any atom is -0.445 e. The summed E-state index contributed by atoms with van der Waals surface area (Å²) in [5, 5.41) is 60.7. The summed E-state index contributed by atoms with van der Waals surface area (Å²) in [7, 11) is 0. The molecule has 54 heteroatoms. The molecular formula is C68H105Cl15N16O23. The van der Waals surface area contributed by atoms with Gasteiger partial charge in [-0.2, -0.15) is 0 Å². The number of carbonyl (C=O) groups is 16. The Bertz CT molecular complexity index is 3440. The second-order valence-electron chi connectivity index (χ2n) is 28.6. The number of aliphatic hydroxyl groups is 2. The highest BCUT2D eigenvalue weighted by molar-refractivity contribution is 6.69. The Kier molecular flexibility index (Phi) is 54.2. The zero-order valence-electron chi connectivity index (χ0n) is 67.3. The maximum Gasteiger partial charge on any atom is 0.407 e. The third-order valence-corrected chi connectivity index (χ3v) is 18.4. The van der Waals surface area contributed by atoms with Crippen LogP contribution in [0.4, 0.5) is 24.0 Å². The zero-order valence-corrected chi connectivity index (χ0v) is 78.6. The molecule has 3 unspecified atom stereocenters. The average molecular weight is 2050 g/mol. The minimum atomic E-state index is -2.14. The van der Waals surface area contributed by atoms with E-state index in [9.17, 15) is 72.5 Å². The van der Waals surface area contributed by atoms with E-state index < -0.39 is 310 Å². The van der Waals surface area contributed by atoms with Crippen molar-refractivity contribution < 1.29 is 111 Å². The number of amides is 16. The molecule has 0 radical (unpaired) electrons. The van der Waals surface area contributed by atoms with Gasteiger partial charge in [-0.3, -0.25) is 52.7 Å². The normalized spacial score (nSPS) is 19.9. The highest BCUT2D eigenvalue weighted by atomic mass is 35.6. The van der Waals surface area contributed by atoms with Crippen molar-refractivity contribution >= 4 is 269 Å². The maximum atomic E-state index is 15.2. The van der Waals surface area contributed by atoms with Gasteiger partial charge in [0.05, 0.1) is 12.2 Å². The van der Waals surface area contributed by atoms with Gasteiger partial charge >= 0.3 is 30.5 Å². The van der Waals surface area contributed by atoms with E-state index in [-0.39, 0.29) is 19.3 Å². The molecule has 0 aliphatic carbocycles. The summed E-state index contributed by atoms with van der Waals surface area (Å²) in [4.78, 5) is 225. The molecule has 0 spiro atoms. The van der Waals surface area contributed by atoms with Crippen molar-refractivity contribution in [1.82, 2.24) is 85.1 Å². The van der Waals surface area contributed by atoms with Gasteiger partial charge in [0.2, 0.25) is 83.9 Å². The van der Waals surface area contributed by atoms with E-state index in [4.69, 9.17) is 198 Å². The lowest BCUT2D eigenvalue weighted by Crippen LogP contribution is -2.62. The first kappa shape index (κ1) is 115. The Morgan fingerprint density at radius 1 is 0.410 bits per heavy atom. The summed E-state index contributed by atoms with van der Waals surface area (Å²) in [6.07, 6.45) is -11.3. The first-order valence-corrected chi connectivity index (χ1v) is 43.6. The molecule has 18 N–H and O–H groups in total. The summed E-state index contributed by atoms with van der Waals surface area (Å²) in [6, 6.07) is -18.7. The van der Waals surface area contributed by atoms with Crippen LogP contribution in [0.2, 0.25) is 0 Å². The molecule has 700 valence electrons. The number of hydrogen-bond acceptors (Lipinski definition) is 23. The number of ether oxygens (including phenoxy) is 5. The first-order chi connectivity index (χ1) is 56.4. The van der Waals surface area contributed by atoms with Crippen molar-refractivity contribution in [2.24, 2.45) is 17.8 Å². The molecule has 0 bridgehead atoms. The number of alkyl carbamates (subject to hydrolysis) is 5. The molecule has 39 nitrogen and oxygen atoms in total. The second-order valence-corrected chi connectivity index (χ2v) is 41.2. The van der Waals surface area contributed by atoms with E-state index in [1.54, 1.807) is 27.7 Å². The quantitative estimate of drug-likeness (QED) is 0.0212. The van der Waals surface area contributed by atoms with Crippen LogP contribution in [0.3, 0.4) is 0 Å². The molecule has 1 aliphatic heterocycles. The van der Waals surface area contributed by atoms with Crippen LogP contribution >= 0.6 is 174 Å². The Balaban J connectivity index is 4.50. The molecule has 16 amide bonds. The SMILES string of the molecule is CC[C@H](C)CCCCC(=O)N[C@@H](CCNC(=O)OCC(Cl)(Cl)Cl)C(=O)N[C@H](C(=O)N[C@@H](CCNC(=O)OCC(Cl)(Cl)Cl)C(=O)NC1CCNC(=O)C([C@@H](C)O)NC(=O)[C@H](CCNC(=O)OCC(Cl)(Cl)Cl)NC(=O)[C@H](CCNC(=O)OCC(Cl)(Cl)Cl)NC(=O)[C@H](CC(C)C)NC(=O)[C@@H](CC(C)C)NC(=O)C(CCNC(=O)OCC(Cl)(Cl)Cl)NC1=O)[C@@H](C)O. The maximum absolute atomic E-state index is 15.2. The van der Waals surface area contributed by atoms with Crippen molar-refractivity contribution in [2.45, 2.75) is 230 Å². The average Bonchev–Trinajstić information content (AvgIpc) is 0.978. The van der Waals surface area contributed by atoms with Gasteiger partial charge < -0.3 is 119 Å². The van der Waals surface area contributed by atoms with Gasteiger partial charge in [0, 0.05) is 45.7 Å². The van der Waals surface area contributed by atoms with Crippen molar-refractivity contribution in [3.05, 3.63) is 0 Å².